The van der Waals surface area contributed by atoms with Crippen LogP contribution in [0, 0.1) is 0 Å². The van der Waals surface area contributed by atoms with E-state index in [0.29, 0.717) is 11.7 Å². The summed E-state index contributed by atoms with van der Waals surface area (Å²) in [4.78, 5) is 8.58. The first kappa shape index (κ1) is 18.7. The number of ether oxygens (including phenoxy) is 1. The molecule has 0 saturated carbocycles. The summed E-state index contributed by atoms with van der Waals surface area (Å²) in [7, 11) is 0. The molecule has 0 atom stereocenters. The molecule has 0 radical (unpaired) electrons. The number of nitrogens with zero attached hydrogens (tertiary/aromatic N) is 2. The van der Waals surface area contributed by atoms with Crippen LogP contribution in [0.25, 0.3) is 0 Å². The van der Waals surface area contributed by atoms with E-state index in [1.165, 1.54) is 6.42 Å². The second-order valence-corrected chi connectivity index (χ2v) is 5.32. The molecule has 5 nitrogen and oxygen atoms in total. The van der Waals surface area contributed by atoms with E-state index < -0.39 is 0 Å². The minimum Gasteiger partial charge on any atom is -0.381 e. The topological polar surface area (TPSA) is 58.5 Å². The zero-order chi connectivity index (χ0) is 16.0. The van der Waals surface area contributed by atoms with E-state index in [2.05, 4.69) is 34.5 Å². The predicted molar refractivity (Wildman–Crippen MR) is 92.4 cm³/mol. The highest BCUT2D eigenvalue weighted by atomic mass is 35.5. The number of hydrogen-bond acceptors (Lipinski definition) is 3. The molecule has 0 bridgehead atoms. The third-order valence-electron chi connectivity index (χ3n) is 2.95. The summed E-state index contributed by atoms with van der Waals surface area (Å²) in [5.74, 6) is 0.811. The van der Waals surface area contributed by atoms with Crippen molar-refractivity contribution in [3.63, 3.8) is 0 Å². The van der Waals surface area contributed by atoms with Crippen molar-refractivity contribution in [3.05, 3.63) is 29.0 Å². The van der Waals surface area contributed by atoms with E-state index >= 15 is 0 Å². The molecular formula is C16H27ClN4O. The van der Waals surface area contributed by atoms with Gasteiger partial charge in [0.15, 0.2) is 5.96 Å². The Morgan fingerprint density at radius 3 is 2.73 bits per heavy atom. The summed E-state index contributed by atoms with van der Waals surface area (Å²) in [6.45, 7) is 8.11. The molecule has 0 aromatic carbocycles. The quantitative estimate of drug-likeness (QED) is 0.300. The van der Waals surface area contributed by atoms with Crippen LogP contribution in [0.1, 0.15) is 38.7 Å². The van der Waals surface area contributed by atoms with E-state index in [9.17, 15) is 0 Å². The number of rotatable bonds is 10. The monoisotopic (exact) mass is 326 g/mol. The lowest BCUT2D eigenvalue weighted by Crippen LogP contribution is -2.38. The summed E-state index contributed by atoms with van der Waals surface area (Å²) < 4.78 is 5.54. The summed E-state index contributed by atoms with van der Waals surface area (Å²) in [6, 6.07) is 3.71. The van der Waals surface area contributed by atoms with E-state index in [4.69, 9.17) is 16.3 Å². The Hall–Kier alpha value is -1.33. The average Bonchev–Trinajstić information content (AvgIpc) is 2.53. The van der Waals surface area contributed by atoms with Gasteiger partial charge in [0.1, 0.15) is 5.15 Å². The average molecular weight is 327 g/mol. The first-order valence-corrected chi connectivity index (χ1v) is 8.34. The summed E-state index contributed by atoms with van der Waals surface area (Å²) in [5, 5.41) is 7.03. The molecule has 0 amide bonds. The number of guanidine groups is 1. The normalized spacial score (nSPS) is 11.5. The number of halogens is 1. The molecule has 0 aliphatic carbocycles. The van der Waals surface area contributed by atoms with Gasteiger partial charge in [-0.25, -0.2) is 9.98 Å². The molecule has 0 unspecified atom stereocenters. The molecule has 0 fully saturated rings. The third kappa shape index (κ3) is 8.85. The fraction of sp³-hybridized carbons (Fsp3) is 0.625. The number of nitrogens with one attached hydrogen (secondary N) is 2. The minimum atomic E-state index is 0.501. The van der Waals surface area contributed by atoms with E-state index in [-0.39, 0.29) is 0 Å². The highest BCUT2D eigenvalue weighted by Gasteiger charge is 1.98. The van der Waals surface area contributed by atoms with Crippen molar-refractivity contribution < 1.29 is 4.74 Å². The Balaban J connectivity index is 2.28. The number of aliphatic imine (C=N–C) groups is 1. The van der Waals surface area contributed by atoms with Crippen LogP contribution >= 0.6 is 11.6 Å². The number of aromatic nitrogens is 1. The minimum absolute atomic E-state index is 0.501. The van der Waals surface area contributed by atoms with Crippen LogP contribution < -0.4 is 10.6 Å². The fourth-order valence-electron chi connectivity index (χ4n) is 1.74. The SMILES string of the molecule is CCCCOCCCNC(=NCc1ccc(Cl)nc1)NCC. The van der Waals surface area contributed by atoms with Crippen molar-refractivity contribution in [1.29, 1.82) is 0 Å². The van der Waals surface area contributed by atoms with Crippen LogP contribution in [-0.2, 0) is 11.3 Å². The number of pyridine rings is 1. The van der Waals surface area contributed by atoms with Crippen molar-refractivity contribution in [2.45, 2.75) is 39.7 Å². The van der Waals surface area contributed by atoms with Crippen LogP contribution in [0.2, 0.25) is 5.15 Å². The first-order valence-electron chi connectivity index (χ1n) is 7.96. The maximum absolute atomic E-state index is 5.77. The Morgan fingerprint density at radius 2 is 2.05 bits per heavy atom. The van der Waals surface area contributed by atoms with Gasteiger partial charge in [-0.05, 0) is 31.4 Å². The second kappa shape index (κ2) is 12.2. The Bertz CT molecular complexity index is 423. The molecule has 1 aromatic heterocycles. The third-order valence-corrected chi connectivity index (χ3v) is 3.18. The van der Waals surface area contributed by atoms with Crippen molar-refractivity contribution in [3.8, 4) is 0 Å². The predicted octanol–water partition coefficient (Wildman–Crippen LogP) is 3.00. The highest BCUT2D eigenvalue weighted by molar-refractivity contribution is 6.29. The fourth-order valence-corrected chi connectivity index (χ4v) is 1.85. The first-order chi connectivity index (χ1) is 10.8. The highest BCUT2D eigenvalue weighted by Crippen LogP contribution is 2.05. The maximum atomic E-state index is 5.77. The standard InChI is InChI=1S/C16H27ClN4O/c1-3-5-10-22-11-6-9-19-16(18-4-2)21-13-14-7-8-15(17)20-12-14/h7-8,12H,3-6,9-11,13H2,1-2H3,(H2,18,19,21). The molecule has 2 N–H and O–H groups in total. The number of unbranched alkanes of at least 4 members (excludes halogenated alkanes) is 1. The van der Waals surface area contributed by atoms with Gasteiger partial charge in [0, 0.05) is 32.5 Å². The largest absolute Gasteiger partial charge is 0.381 e. The van der Waals surface area contributed by atoms with Crippen LogP contribution in [0.4, 0.5) is 0 Å². The van der Waals surface area contributed by atoms with E-state index in [0.717, 1.165) is 50.7 Å². The molecule has 0 spiro atoms. The van der Waals surface area contributed by atoms with Gasteiger partial charge in [-0.2, -0.15) is 0 Å². The van der Waals surface area contributed by atoms with Crippen molar-refractivity contribution in [1.82, 2.24) is 15.6 Å². The lowest BCUT2D eigenvalue weighted by atomic mass is 10.3. The van der Waals surface area contributed by atoms with Crippen LogP contribution in [0.3, 0.4) is 0 Å². The summed E-state index contributed by atoms with van der Waals surface area (Å²) >= 11 is 5.77. The van der Waals surface area contributed by atoms with Gasteiger partial charge in [0.05, 0.1) is 6.54 Å². The molecule has 6 heteroatoms. The van der Waals surface area contributed by atoms with Gasteiger partial charge >= 0.3 is 0 Å². The molecule has 22 heavy (non-hydrogen) atoms. The molecule has 1 aromatic rings. The molecule has 124 valence electrons. The van der Waals surface area contributed by atoms with Gasteiger partial charge in [-0.15, -0.1) is 0 Å². The van der Waals surface area contributed by atoms with Gasteiger partial charge in [0.2, 0.25) is 0 Å². The smallest absolute Gasteiger partial charge is 0.191 e. The number of hydrogen-bond donors (Lipinski definition) is 2. The molecular weight excluding hydrogens is 300 g/mol. The van der Waals surface area contributed by atoms with Crippen molar-refractivity contribution in [2.24, 2.45) is 4.99 Å². The lowest BCUT2D eigenvalue weighted by molar-refractivity contribution is 0.129. The Labute approximate surface area is 138 Å². The second-order valence-electron chi connectivity index (χ2n) is 4.93. The summed E-state index contributed by atoms with van der Waals surface area (Å²) in [6.07, 6.45) is 5.02. The Kier molecular flexibility index (Phi) is 10.4. The maximum Gasteiger partial charge on any atom is 0.191 e. The molecule has 1 rings (SSSR count). The Morgan fingerprint density at radius 1 is 1.23 bits per heavy atom. The van der Waals surface area contributed by atoms with Crippen LogP contribution in [0.15, 0.2) is 23.3 Å². The zero-order valence-corrected chi connectivity index (χ0v) is 14.3. The molecule has 0 aliphatic heterocycles. The van der Waals surface area contributed by atoms with Crippen molar-refractivity contribution in [2.75, 3.05) is 26.3 Å². The molecule has 0 saturated heterocycles. The van der Waals surface area contributed by atoms with Crippen LogP contribution in [-0.4, -0.2) is 37.2 Å². The van der Waals surface area contributed by atoms with E-state index in [1.54, 1.807) is 12.3 Å². The summed E-state index contributed by atoms with van der Waals surface area (Å²) in [5.41, 5.74) is 1.03. The van der Waals surface area contributed by atoms with Crippen LogP contribution in [0.5, 0.6) is 0 Å². The van der Waals surface area contributed by atoms with Gasteiger partial charge < -0.3 is 15.4 Å². The molecule has 0 aliphatic rings. The van der Waals surface area contributed by atoms with Crippen molar-refractivity contribution >= 4 is 17.6 Å². The molecule has 1 heterocycles. The van der Waals surface area contributed by atoms with Gasteiger partial charge in [0.25, 0.3) is 0 Å². The van der Waals surface area contributed by atoms with E-state index in [1.807, 2.05) is 6.07 Å². The lowest BCUT2D eigenvalue weighted by Gasteiger charge is -2.11. The zero-order valence-electron chi connectivity index (χ0n) is 13.6. The van der Waals surface area contributed by atoms with Gasteiger partial charge in [-0.3, -0.25) is 0 Å². The van der Waals surface area contributed by atoms with Gasteiger partial charge in [-0.1, -0.05) is 31.0 Å².